The molecule has 0 fully saturated rings. The van der Waals surface area contributed by atoms with E-state index in [0.717, 1.165) is 21.8 Å². The molecule has 1 N–H and O–H groups in total. The molecule has 31 heavy (non-hydrogen) atoms. The molecule has 4 rings (SSSR count). The van der Waals surface area contributed by atoms with Crippen molar-refractivity contribution in [1.82, 2.24) is 15.0 Å². The zero-order valence-corrected chi connectivity index (χ0v) is 17.9. The van der Waals surface area contributed by atoms with Gasteiger partial charge in [-0.25, -0.2) is 14.8 Å². The molecule has 0 aliphatic rings. The molecule has 0 aliphatic heterocycles. The standard InChI is InChI=1S/C23H18ClFN4OS/c24-19-6-2-1-5-17(19)14-29-21-8-4-3-7-20(21)27-23(29)31-15-22(30)28-26-13-16-9-11-18(25)12-10-16/h1-13H,14-15H2,(H,28,30)/b26-13+. The fourth-order valence-electron chi connectivity index (χ4n) is 3.00. The lowest BCUT2D eigenvalue weighted by Crippen LogP contribution is -2.20. The van der Waals surface area contributed by atoms with Gasteiger partial charge >= 0.3 is 0 Å². The van der Waals surface area contributed by atoms with Crippen molar-refractivity contribution in [2.75, 3.05) is 5.75 Å². The van der Waals surface area contributed by atoms with E-state index in [-0.39, 0.29) is 17.5 Å². The molecule has 1 amide bonds. The number of nitrogens with zero attached hydrogens (tertiary/aromatic N) is 3. The first-order valence-electron chi connectivity index (χ1n) is 9.49. The number of para-hydroxylation sites is 2. The summed E-state index contributed by atoms with van der Waals surface area (Å²) in [6.07, 6.45) is 1.47. The molecule has 0 saturated heterocycles. The fraction of sp³-hybridized carbons (Fsp3) is 0.0870. The highest BCUT2D eigenvalue weighted by atomic mass is 35.5. The maximum absolute atomic E-state index is 12.9. The minimum absolute atomic E-state index is 0.145. The topological polar surface area (TPSA) is 59.3 Å². The molecule has 0 saturated carbocycles. The summed E-state index contributed by atoms with van der Waals surface area (Å²) in [6.45, 7) is 0.548. The second-order valence-electron chi connectivity index (χ2n) is 6.69. The van der Waals surface area contributed by atoms with Gasteiger partial charge in [-0.2, -0.15) is 5.10 Å². The number of fused-ring (bicyclic) bond motifs is 1. The highest BCUT2D eigenvalue weighted by molar-refractivity contribution is 7.99. The molecule has 0 unspecified atom stereocenters. The van der Waals surface area contributed by atoms with E-state index in [1.54, 1.807) is 12.1 Å². The Balaban J connectivity index is 1.46. The van der Waals surface area contributed by atoms with E-state index in [9.17, 15) is 9.18 Å². The summed E-state index contributed by atoms with van der Waals surface area (Å²) >= 11 is 7.67. The first kappa shape index (κ1) is 21.1. The molecule has 8 heteroatoms. The number of hydrazone groups is 1. The van der Waals surface area contributed by atoms with Crippen LogP contribution in [0.1, 0.15) is 11.1 Å². The average Bonchev–Trinajstić information content (AvgIpc) is 3.13. The Bertz CT molecular complexity index is 1240. The van der Waals surface area contributed by atoms with Crippen molar-refractivity contribution < 1.29 is 9.18 Å². The third-order valence-corrected chi connectivity index (χ3v) is 5.86. The van der Waals surface area contributed by atoms with E-state index in [1.165, 1.54) is 30.1 Å². The largest absolute Gasteiger partial charge is 0.314 e. The summed E-state index contributed by atoms with van der Waals surface area (Å²) in [4.78, 5) is 16.9. The van der Waals surface area contributed by atoms with Gasteiger partial charge in [0.1, 0.15) is 5.82 Å². The second kappa shape index (κ2) is 9.76. The van der Waals surface area contributed by atoms with E-state index in [1.807, 2.05) is 48.5 Å². The Morgan fingerprint density at radius 2 is 1.84 bits per heavy atom. The van der Waals surface area contributed by atoms with Crippen LogP contribution >= 0.6 is 23.4 Å². The summed E-state index contributed by atoms with van der Waals surface area (Å²) < 4.78 is 15.0. The number of aromatic nitrogens is 2. The molecule has 0 aliphatic carbocycles. The lowest BCUT2D eigenvalue weighted by Gasteiger charge is -2.10. The minimum atomic E-state index is -0.322. The predicted octanol–water partition coefficient (Wildman–Crippen LogP) is 5.12. The van der Waals surface area contributed by atoms with E-state index >= 15 is 0 Å². The van der Waals surface area contributed by atoms with Crippen molar-refractivity contribution in [2.24, 2.45) is 5.10 Å². The number of rotatable bonds is 7. The monoisotopic (exact) mass is 452 g/mol. The average molecular weight is 453 g/mol. The third-order valence-electron chi connectivity index (χ3n) is 4.51. The van der Waals surface area contributed by atoms with Crippen molar-refractivity contribution in [3.63, 3.8) is 0 Å². The van der Waals surface area contributed by atoms with Gasteiger partial charge in [0.25, 0.3) is 5.91 Å². The Kier molecular flexibility index (Phi) is 6.64. The van der Waals surface area contributed by atoms with E-state index in [4.69, 9.17) is 11.6 Å². The van der Waals surface area contributed by atoms with Gasteiger partial charge in [0.05, 0.1) is 29.5 Å². The molecule has 1 heterocycles. The first-order valence-corrected chi connectivity index (χ1v) is 10.9. The highest BCUT2D eigenvalue weighted by Crippen LogP contribution is 2.27. The molecule has 4 aromatic rings. The predicted molar refractivity (Wildman–Crippen MR) is 123 cm³/mol. The van der Waals surface area contributed by atoms with Crippen molar-refractivity contribution in [2.45, 2.75) is 11.7 Å². The van der Waals surface area contributed by atoms with Crippen molar-refractivity contribution >= 4 is 46.5 Å². The Morgan fingerprint density at radius 3 is 2.65 bits per heavy atom. The van der Waals surface area contributed by atoms with Crippen LogP contribution in [0.15, 0.2) is 83.1 Å². The molecular formula is C23H18ClFN4OS. The fourth-order valence-corrected chi connectivity index (χ4v) is 4.01. The summed E-state index contributed by atoms with van der Waals surface area (Å²) in [5.41, 5.74) is 5.98. The smallest absolute Gasteiger partial charge is 0.250 e. The molecular weight excluding hydrogens is 435 g/mol. The van der Waals surface area contributed by atoms with E-state index < -0.39 is 0 Å². The molecule has 5 nitrogen and oxygen atoms in total. The number of carbonyl (C=O) groups excluding carboxylic acids is 1. The van der Waals surface area contributed by atoms with Crippen LogP contribution in [-0.4, -0.2) is 27.4 Å². The maximum Gasteiger partial charge on any atom is 0.250 e. The Hall–Kier alpha value is -3.16. The van der Waals surface area contributed by atoms with Gasteiger partial charge < -0.3 is 4.57 Å². The second-order valence-corrected chi connectivity index (χ2v) is 8.04. The van der Waals surface area contributed by atoms with Crippen LogP contribution in [0.5, 0.6) is 0 Å². The highest BCUT2D eigenvalue weighted by Gasteiger charge is 2.14. The number of benzene rings is 3. The molecule has 1 aromatic heterocycles. The van der Waals surface area contributed by atoms with Crippen LogP contribution < -0.4 is 5.43 Å². The number of hydrogen-bond donors (Lipinski definition) is 1. The van der Waals surface area contributed by atoms with Gasteiger partial charge in [-0.05, 0) is 41.5 Å². The van der Waals surface area contributed by atoms with Crippen molar-refractivity contribution in [1.29, 1.82) is 0 Å². The number of imidazole rings is 1. The van der Waals surface area contributed by atoms with E-state index in [0.29, 0.717) is 17.1 Å². The van der Waals surface area contributed by atoms with Gasteiger partial charge in [-0.15, -0.1) is 0 Å². The number of halogens is 2. The van der Waals surface area contributed by atoms with Gasteiger partial charge in [0.2, 0.25) is 0 Å². The molecule has 0 spiro atoms. The summed E-state index contributed by atoms with van der Waals surface area (Å²) in [5, 5.41) is 5.33. The molecule has 0 atom stereocenters. The number of amides is 1. The van der Waals surface area contributed by atoms with Crippen LogP contribution in [-0.2, 0) is 11.3 Å². The van der Waals surface area contributed by atoms with Gasteiger partial charge in [-0.3, -0.25) is 4.79 Å². The van der Waals surface area contributed by atoms with Crippen LogP contribution in [0, 0.1) is 5.82 Å². The SMILES string of the molecule is O=C(CSc1nc2ccccc2n1Cc1ccccc1Cl)N/N=C/c1ccc(F)cc1. The third kappa shape index (κ3) is 5.31. The molecule has 3 aromatic carbocycles. The quantitative estimate of drug-likeness (QED) is 0.240. The maximum atomic E-state index is 12.9. The van der Waals surface area contributed by atoms with Crippen molar-refractivity contribution in [3.05, 3.63) is 94.8 Å². The summed E-state index contributed by atoms with van der Waals surface area (Å²) in [7, 11) is 0. The van der Waals surface area contributed by atoms with E-state index in [2.05, 4.69) is 20.1 Å². The minimum Gasteiger partial charge on any atom is -0.314 e. The molecule has 0 bridgehead atoms. The van der Waals surface area contributed by atoms with Crippen LogP contribution in [0.4, 0.5) is 4.39 Å². The number of carbonyl (C=O) groups is 1. The molecule has 0 radical (unpaired) electrons. The molecule has 156 valence electrons. The lowest BCUT2D eigenvalue weighted by molar-refractivity contribution is -0.118. The van der Waals surface area contributed by atoms with Crippen LogP contribution in [0.2, 0.25) is 5.02 Å². The summed E-state index contributed by atoms with van der Waals surface area (Å²) in [5.74, 6) is -0.441. The lowest BCUT2D eigenvalue weighted by atomic mass is 10.2. The Labute approximate surface area is 187 Å². The first-order chi connectivity index (χ1) is 15.1. The van der Waals surface area contributed by atoms with Crippen molar-refractivity contribution in [3.8, 4) is 0 Å². The summed E-state index contributed by atoms with van der Waals surface area (Å²) in [6, 6.07) is 21.3. The van der Waals surface area contributed by atoms with Gasteiger partial charge in [0, 0.05) is 5.02 Å². The number of hydrogen-bond acceptors (Lipinski definition) is 4. The van der Waals surface area contributed by atoms with Crippen LogP contribution in [0.3, 0.4) is 0 Å². The normalized spacial score (nSPS) is 11.3. The van der Waals surface area contributed by atoms with Gasteiger partial charge in [0.15, 0.2) is 5.16 Å². The zero-order chi connectivity index (χ0) is 21.6. The Morgan fingerprint density at radius 1 is 1.10 bits per heavy atom. The number of thioether (sulfide) groups is 1. The zero-order valence-electron chi connectivity index (χ0n) is 16.3. The van der Waals surface area contributed by atoms with Crippen LogP contribution in [0.25, 0.3) is 11.0 Å². The van der Waals surface area contributed by atoms with Gasteiger partial charge in [-0.1, -0.05) is 65.8 Å². The number of nitrogens with one attached hydrogen (secondary N) is 1.